The molecule has 0 saturated carbocycles. The molecule has 0 amide bonds. The van der Waals surface area contributed by atoms with Crippen molar-refractivity contribution in [2.45, 2.75) is 46.1 Å². The number of hydrogen-bond donors (Lipinski definition) is 1. The Morgan fingerprint density at radius 3 is 2.67 bits per heavy atom. The second-order valence-corrected chi connectivity index (χ2v) is 4.59. The minimum Gasteiger partial charge on any atom is -0.314 e. The summed E-state index contributed by atoms with van der Waals surface area (Å²) in [5, 5.41) is 3.53. The first-order valence-corrected chi connectivity index (χ1v) is 6.27. The minimum absolute atomic E-state index is 0.704. The molecule has 0 rings (SSSR count). The highest BCUT2D eigenvalue weighted by atomic mass is 32.2. The first-order chi connectivity index (χ1) is 5.81. The lowest BCUT2D eigenvalue weighted by molar-refractivity contribution is 0.524. The molecule has 74 valence electrons. The highest BCUT2D eigenvalue weighted by Gasteiger charge is 1.98. The molecule has 0 radical (unpaired) electrons. The monoisotopic (exact) mass is 189 g/mol. The molecule has 0 aliphatic rings. The van der Waals surface area contributed by atoms with E-state index in [4.69, 9.17) is 0 Å². The van der Waals surface area contributed by atoms with Crippen LogP contribution < -0.4 is 5.32 Å². The molecule has 0 aliphatic heterocycles. The SMILES string of the molecule is CCCCNC(C)CCSCC. The molecule has 0 fully saturated rings. The number of nitrogens with one attached hydrogen (secondary N) is 1. The van der Waals surface area contributed by atoms with Crippen LogP contribution in [0.15, 0.2) is 0 Å². The first kappa shape index (κ1) is 12.3. The van der Waals surface area contributed by atoms with E-state index in [1.54, 1.807) is 0 Å². The zero-order chi connectivity index (χ0) is 9.23. The van der Waals surface area contributed by atoms with Crippen molar-refractivity contribution in [1.82, 2.24) is 5.32 Å². The van der Waals surface area contributed by atoms with Gasteiger partial charge in [-0.05, 0) is 37.8 Å². The topological polar surface area (TPSA) is 12.0 Å². The van der Waals surface area contributed by atoms with Gasteiger partial charge in [-0.3, -0.25) is 0 Å². The van der Waals surface area contributed by atoms with Crippen molar-refractivity contribution in [3.05, 3.63) is 0 Å². The quantitative estimate of drug-likeness (QED) is 0.589. The minimum atomic E-state index is 0.704. The Kier molecular flexibility index (Phi) is 9.64. The molecule has 0 spiro atoms. The van der Waals surface area contributed by atoms with E-state index < -0.39 is 0 Å². The maximum atomic E-state index is 3.53. The normalized spacial score (nSPS) is 13.2. The fraction of sp³-hybridized carbons (Fsp3) is 1.00. The van der Waals surface area contributed by atoms with E-state index in [0.717, 1.165) is 0 Å². The van der Waals surface area contributed by atoms with E-state index in [9.17, 15) is 0 Å². The number of rotatable bonds is 8. The van der Waals surface area contributed by atoms with Crippen LogP contribution in [0.25, 0.3) is 0 Å². The van der Waals surface area contributed by atoms with Crippen LogP contribution in [0.2, 0.25) is 0 Å². The standard InChI is InChI=1S/C10H23NS/c1-4-6-8-11-10(3)7-9-12-5-2/h10-11H,4-9H2,1-3H3. The second kappa shape index (κ2) is 9.40. The van der Waals surface area contributed by atoms with E-state index in [1.165, 1.54) is 37.3 Å². The van der Waals surface area contributed by atoms with Crippen molar-refractivity contribution in [2.75, 3.05) is 18.1 Å². The molecular formula is C10H23NS. The molecule has 12 heavy (non-hydrogen) atoms. The summed E-state index contributed by atoms with van der Waals surface area (Å²) < 4.78 is 0. The van der Waals surface area contributed by atoms with Crippen LogP contribution in [0.1, 0.15) is 40.0 Å². The Balaban J connectivity index is 3.04. The van der Waals surface area contributed by atoms with Crippen molar-refractivity contribution >= 4 is 11.8 Å². The van der Waals surface area contributed by atoms with Crippen LogP contribution in [0.4, 0.5) is 0 Å². The van der Waals surface area contributed by atoms with Gasteiger partial charge in [-0.1, -0.05) is 20.3 Å². The van der Waals surface area contributed by atoms with Gasteiger partial charge in [0.1, 0.15) is 0 Å². The molecule has 0 saturated heterocycles. The van der Waals surface area contributed by atoms with Crippen LogP contribution in [-0.4, -0.2) is 24.1 Å². The summed E-state index contributed by atoms with van der Waals surface area (Å²) >= 11 is 2.04. The zero-order valence-corrected chi connectivity index (χ0v) is 9.54. The molecule has 1 unspecified atom stereocenters. The largest absolute Gasteiger partial charge is 0.314 e. The van der Waals surface area contributed by atoms with Gasteiger partial charge in [0.15, 0.2) is 0 Å². The summed E-state index contributed by atoms with van der Waals surface area (Å²) in [4.78, 5) is 0. The van der Waals surface area contributed by atoms with Gasteiger partial charge < -0.3 is 5.32 Å². The van der Waals surface area contributed by atoms with E-state index in [1.807, 2.05) is 11.8 Å². The van der Waals surface area contributed by atoms with Crippen molar-refractivity contribution in [3.8, 4) is 0 Å². The molecule has 0 aromatic rings. The van der Waals surface area contributed by atoms with Crippen LogP contribution in [-0.2, 0) is 0 Å². The molecule has 1 N–H and O–H groups in total. The molecule has 0 bridgehead atoms. The Morgan fingerprint density at radius 2 is 2.08 bits per heavy atom. The van der Waals surface area contributed by atoms with Crippen LogP contribution >= 0.6 is 11.8 Å². The predicted octanol–water partition coefficient (Wildman–Crippen LogP) is 2.91. The highest BCUT2D eigenvalue weighted by molar-refractivity contribution is 7.99. The molecule has 2 heteroatoms. The van der Waals surface area contributed by atoms with Crippen molar-refractivity contribution < 1.29 is 0 Å². The van der Waals surface area contributed by atoms with Gasteiger partial charge in [-0.2, -0.15) is 11.8 Å². The number of thioether (sulfide) groups is 1. The average Bonchev–Trinajstić information content (AvgIpc) is 2.06. The Labute approximate surface area is 81.7 Å². The second-order valence-electron chi connectivity index (χ2n) is 3.19. The van der Waals surface area contributed by atoms with Gasteiger partial charge in [0.25, 0.3) is 0 Å². The van der Waals surface area contributed by atoms with Crippen LogP contribution in [0.5, 0.6) is 0 Å². The Morgan fingerprint density at radius 1 is 1.33 bits per heavy atom. The zero-order valence-electron chi connectivity index (χ0n) is 8.73. The predicted molar refractivity (Wildman–Crippen MR) is 60.0 cm³/mol. The first-order valence-electron chi connectivity index (χ1n) is 5.12. The van der Waals surface area contributed by atoms with Crippen molar-refractivity contribution in [1.29, 1.82) is 0 Å². The summed E-state index contributed by atoms with van der Waals surface area (Å²) in [5.41, 5.74) is 0. The third kappa shape index (κ3) is 8.41. The molecule has 0 aromatic carbocycles. The van der Waals surface area contributed by atoms with Gasteiger partial charge in [-0.25, -0.2) is 0 Å². The summed E-state index contributed by atoms with van der Waals surface area (Å²) in [7, 11) is 0. The molecule has 1 nitrogen and oxygen atoms in total. The van der Waals surface area contributed by atoms with Gasteiger partial charge in [0, 0.05) is 6.04 Å². The summed E-state index contributed by atoms with van der Waals surface area (Å²) in [5.74, 6) is 2.55. The van der Waals surface area contributed by atoms with Gasteiger partial charge >= 0.3 is 0 Å². The van der Waals surface area contributed by atoms with Crippen molar-refractivity contribution in [2.24, 2.45) is 0 Å². The van der Waals surface area contributed by atoms with Crippen molar-refractivity contribution in [3.63, 3.8) is 0 Å². The third-order valence-corrected chi connectivity index (χ3v) is 2.86. The molecule has 0 heterocycles. The Bertz CT molecular complexity index is 75.9. The fourth-order valence-electron chi connectivity index (χ4n) is 1.03. The smallest absolute Gasteiger partial charge is 0.00465 e. The maximum absolute atomic E-state index is 3.53. The molecule has 0 aromatic heterocycles. The lowest BCUT2D eigenvalue weighted by Crippen LogP contribution is -2.27. The van der Waals surface area contributed by atoms with Gasteiger partial charge in [0.05, 0.1) is 0 Å². The highest BCUT2D eigenvalue weighted by Crippen LogP contribution is 2.03. The molecule has 0 aliphatic carbocycles. The lowest BCUT2D eigenvalue weighted by atomic mass is 10.2. The fourth-order valence-corrected chi connectivity index (χ4v) is 1.84. The number of unbranched alkanes of at least 4 members (excludes halogenated alkanes) is 1. The van der Waals surface area contributed by atoms with E-state index >= 15 is 0 Å². The summed E-state index contributed by atoms with van der Waals surface area (Å²) in [6.07, 6.45) is 3.91. The average molecular weight is 189 g/mol. The van der Waals surface area contributed by atoms with Gasteiger partial charge in [-0.15, -0.1) is 0 Å². The van der Waals surface area contributed by atoms with Gasteiger partial charge in [0.2, 0.25) is 0 Å². The molecule has 1 atom stereocenters. The maximum Gasteiger partial charge on any atom is 0.00465 e. The summed E-state index contributed by atoms with van der Waals surface area (Å²) in [6.45, 7) is 7.93. The van der Waals surface area contributed by atoms with Crippen LogP contribution in [0.3, 0.4) is 0 Å². The van der Waals surface area contributed by atoms with E-state index in [2.05, 4.69) is 26.1 Å². The Hall–Kier alpha value is 0.310. The summed E-state index contributed by atoms with van der Waals surface area (Å²) in [6, 6.07) is 0.704. The number of hydrogen-bond acceptors (Lipinski definition) is 2. The van der Waals surface area contributed by atoms with E-state index in [-0.39, 0.29) is 0 Å². The lowest BCUT2D eigenvalue weighted by Gasteiger charge is -2.12. The van der Waals surface area contributed by atoms with Crippen LogP contribution in [0, 0.1) is 0 Å². The third-order valence-electron chi connectivity index (χ3n) is 1.92. The van der Waals surface area contributed by atoms with E-state index in [0.29, 0.717) is 6.04 Å². The molecular weight excluding hydrogens is 166 g/mol.